The Morgan fingerprint density at radius 1 is 1.28 bits per heavy atom. The lowest BCUT2D eigenvalue weighted by Crippen LogP contribution is -2.34. The molecule has 142 valence electrons. The van der Waals surface area contributed by atoms with Crippen molar-refractivity contribution in [1.82, 2.24) is 4.98 Å². The highest BCUT2D eigenvalue weighted by Gasteiger charge is 2.48. The Kier molecular flexibility index (Phi) is 5.76. The van der Waals surface area contributed by atoms with Crippen molar-refractivity contribution in [2.24, 2.45) is 0 Å². The maximum atomic E-state index is 12.5. The summed E-state index contributed by atoms with van der Waals surface area (Å²) in [4.78, 5) is 3.96. The first-order valence-corrected chi connectivity index (χ1v) is 8.55. The quantitative estimate of drug-likeness (QED) is 0.541. The molecule has 1 aromatic rings. The topological polar surface area (TPSA) is 115 Å². The molecule has 0 unspecified atom stereocenters. The fourth-order valence-corrected chi connectivity index (χ4v) is 2.58. The zero-order valence-corrected chi connectivity index (χ0v) is 13.6. The molecule has 1 aliphatic heterocycles. The lowest BCUT2D eigenvalue weighted by Gasteiger charge is -2.31. The van der Waals surface area contributed by atoms with Crippen molar-refractivity contribution in [1.29, 1.82) is 0 Å². The van der Waals surface area contributed by atoms with Gasteiger partial charge in [0.2, 0.25) is 5.88 Å². The van der Waals surface area contributed by atoms with Crippen molar-refractivity contribution >= 4 is 10.1 Å². The van der Waals surface area contributed by atoms with Crippen molar-refractivity contribution in [3.8, 4) is 11.6 Å². The van der Waals surface area contributed by atoms with E-state index in [9.17, 15) is 26.7 Å². The van der Waals surface area contributed by atoms with Gasteiger partial charge >= 0.3 is 15.6 Å². The molecule has 1 saturated heterocycles. The summed E-state index contributed by atoms with van der Waals surface area (Å²) in [5, 5.41) is 19.4. The summed E-state index contributed by atoms with van der Waals surface area (Å²) in [5.74, 6) is -1.01. The maximum absolute atomic E-state index is 12.5. The fraction of sp³-hybridized carbons (Fsp3) is 0.615. The Labute approximate surface area is 141 Å². The molecule has 0 atom stereocenters. The molecule has 8 nitrogen and oxygen atoms in total. The van der Waals surface area contributed by atoms with Crippen LogP contribution in [0.1, 0.15) is 18.5 Å². The van der Waals surface area contributed by atoms with Gasteiger partial charge in [-0.05, 0) is 0 Å². The zero-order chi connectivity index (χ0) is 18.7. The second kappa shape index (κ2) is 7.32. The normalized spacial score (nSPS) is 18.0. The summed E-state index contributed by atoms with van der Waals surface area (Å²) in [6.45, 7) is -0.252. The van der Waals surface area contributed by atoms with Crippen molar-refractivity contribution in [3.63, 3.8) is 0 Å². The predicted octanol–water partition coefficient (Wildman–Crippen LogP) is 0.679. The first-order valence-electron chi connectivity index (χ1n) is 7.14. The van der Waals surface area contributed by atoms with E-state index in [1.807, 2.05) is 0 Å². The van der Waals surface area contributed by atoms with Crippen molar-refractivity contribution in [3.05, 3.63) is 17.8 Å². The molecular formula is C13H16F3NO7S. The number of aromatic nitrogens is 1. The Morgan fingerprint density at radius 3 is 2.48 bits per heavy atom. The van der Waals surface area contributed by atoms with Crippen LogP contribution >= 0.6 is 0 Å². The molecule has 12 heteroatoms. The molecule has 1 fully saturated rings. The van der Waals surface area contributed by atoms with Gasteiger partial charge in [-0.15, -0.1) is 0 Å². The van der Waals surface area contributed by atoms with E-state index < -0.39 is 33.6 Å². The van der Waals surface area contributed by atoms with Crippen molar-refractivity contribution in [2.75, 3.05) is 26.4 Å². The Balaban J connectivity index is 2.40. The molecule has 2 N–H and O–H groups in total. The number of halogens is 3. The van der Waals surface area contributed by atoms with E-state index >= 15 is 0 Å². The molecule has 0 aromatic carbocycles. The van der Waals surface area contributed by atoms with Crippen LogP contribution in [0.2, 0.25) is 0 Å². The third-order valence-corrected chi connectivity index (χ3v) is 4.38. The molecule has 1 aromatic heterocycles. The van der Waals surface area contributed by atoms with E-state index in [4.69, 9.17) is 14.6 Å². The van der Waals surface area contributed by atoms with E-state index in [0.29, 0.717) is 0 Å². The third-order valence-electron chi connectivity index (χ3n) is 3.40. The highest BCUT2D eigenvalue weighted by molar-refractivity contribution is 7.88. The highest BCUT2D eigenvalue weighted by Crippen LogP contribution is 2.35. The van der Waals surface area contributed by atoms with Crippen LogP contribution in [0, 0.1) is 0 Å². The van der Waals surface area contributed by atoms with E-state index in [1.54, 1.807) is 0 Å². The highest BCUT2D eigenvalue weighted by atomic mass is 32.2. The largest absolute Gasteiger partial charge is 0.534 e. The first kappa shape index (κ1) is 19.7. The van der Waals surface area contributed by atoms with Gasteiger partial charge in [-0.2, -0.15) is 21.6 Å². The van der Waals surface area contributed by atoms with E-state index in [0.717, 1.165) is 12.1 Å². The summed E-state index contributed by atoms with van der Waals surface area (Å²) < 4.78 is 74.1. The van der Waals surface area contributed by atoms with Crippen LogP contribution < -0.4 is 8.92 Å². The average Bonchev–Trinajstić information content (AvgIpc) is 2.52. The maximum Gasteiger partial charge on any atom is 0.534 e. The number of hydrogen-bond donors (Lipinski definition) is 2. The molecule has 0 amide bonds. The molecule has 0 spiro atoms. The summed E-state index contributed by atoms with van der Waals surface area (Å²) in [7, 11) is -5.89. The molecule has 1 aliphatic rings. The monoisotopic (exact) mass is 387 g/mol. The summed E-state index contributed by atoms with van der Waals surface area (Å²) in [6, 6.07) is 1.73. The van der Waals surface area contributed by atoms with Crippen LogP contribution in [0.4, 0.5) is 13.2 Å². The summed E-state index contributed by atoms with van der Waals surface area (Å²) >= 11 is 0. The van der Waals surface area contributed by atoms with Gasteiger partial charge in [0, 0.05) is 38.2 Å². The number of rotatable bonds is 6. The van der Waals surface area contributed by atoms with Gasteiger partial charge in [-0.25, -0.2) is 4.98 Å². The number of alkyl halides is 3. The second-order valence-corrected chi connectivity index (χ2v) is 6.76. The fourth-order valence-electron chi connectivity index (χ4n) is 2.13. The number of hydrogen-bond acceptors (Lipinski definition) is 8. The van der Waals surface area contributed by atoms with Gasteiger partial charge in [-0.3, -0.25) is 0 Å². The molecule has 2 rings (SSSR count). The van der Waals surface area contributed by atoms with Gasteiger partial charge in [0.05, 0.1) is 12.3 Å². The molecular weight excluding hydrogens is 371 g/mol. The average molecular weight is 387 g/mol. The minimum atomic E-state index is -5.89. The SMILES string of the molecule is O=S(=O)(Oc1cc(OCCO)nc(C2(O)CCOCC2)c1)C(F)(F)F. The van der Waals surface area contributed by atoms with Gasteiger partial charge in [0.1, 0.15) is 18.0 Å². The number of pyridine rings is 1. The van der Waals surface area contributed by atoms with Crippen LogP contribution in [0.15, 0.2) is 12.1 Å². The first-order chi connectivity index (χ1) is 11.6. The number of ether oxygens (including phenoxy) is 2. The number of aliphatic hydroxyl groups is 2. The molecule has 2 heterocycles. The molecule has 0 aliphatic carbocycles. The Morgan fingerprint density at radius 2 is 1.92 bits per heavy atom. The van der Waals surface area contributed by atoms with Gasteiger partial charge in [0.15, 0.2) is 0 Å². The van der Waals surface area contributed by atoms with E-state index in [1.165, 1.54) is 0 Å². The van der Waals surface area contributed by atoms with E-state index in [-0.39, 0.29) is 44.2 Å². The third kappa shape index (κ3) is 4.71. The minimum absolute atomic E-state index is 0.106. The number of aliphatic hydroxyl groups excluding tert-OH is 1. The van der Waals surface area contributed by atoms with Gasteiger partial charge in [-0.1, -0.05) is 0 Å². The van der Waals surface area contributed by atoms with Gasteiger partial charge < -0.3 is 23.9 Å². The van der Waals surface area contributed by atoms with Crippen molar-refractivity contribution in [2.45, 2.75) is 24.0 Å². The van der Waals surface area contributed by atoms with Crippen LogP contribution in [0.5, 0.6) is 11.6 Å². The lowest BCUT2D eigenvalue weighted by atomic mass is 9.90. The Bertz CT molecular complexity index is 702. The minimum Gasteiger partial charge on any atom is -0.475 e. The van der Waals surface area contributed by atoms with Crippen LogP contribution in [0.3, 0.4) is 0 Å². The summed E-state index contributed by atoms with van der Waals surface area (Å²) in [6.07, 6.45) is 0.212. The second-order valence-electron chi connectivity index (χ2n) is 5.23. The Hall–Kier alpha value is -1.63. The molecule has 25 heavy (non-hydrogen) atoms. The molecule has 0 saturated carbocycles. The standard InChI is InChI=1S/C13H16F3NO7S/c14-13(15,16)25(20,21)24-9-7-10(12(19)1-4-22-5-2-12)17-11(8-9)23-6-3-18/h7-8,18-19H,1-6H2. The van der Waals surface area contributed by atoms with Gasteiger partial charge in [0.25, 0.3) is 0 Å². The van der Waals surface area contributed by atoms with Crippen LogP contribution in [0.25, 0.3) is 0 Å². The van der Waals surface area contributed by atoms with Crippen LogP contribution in [-0.4, -0.2) is 55.6 Å². The summed E-state index contributed by atoms with van der Waals surface area (Å²) in [5.41, 5.74) is -7.26. The van der Waals surface area contributed by atoms with Crippen LogP contribution in [-0.2, 0) is 20.5 Å². The number of nitrogens with zero attached hydrogens (tertiary/aromatic N) is 1. The molecule has 0 radical (unpaired) electrons. The lowest BCUT2D eigenvalue weighted by molar-refractivity contribution is -0.0709. The van der Waals surface area contributed by atoms with Crippen molar-refractivity contribution < 1.29 is 45.5 Å². The smallest absolute Gasteiger partial charge is 0.475 e. The predicted molar refractivity (Wildman–Crippen MR) is 76.4 cm³/mol. The zero-order valence-electron chi connectivity index (χ0n) is 12.8. The van der Waals surface area contributed by atoms with E-state index in [2.05, 4.69) is 9.17 Å². The molecule has 0 bridgehead atoms.